The highest BCUT2D eigenvalue weighted by Crippen LogP contribution is 2.39. The van der Waals surface area contributed by atoms with E-state index < -0.39 is 24.4 Å². The molecule has 0 spiro atoms. The number of carbonyl (C=O) groups is 1. The van der Waals surface area contributed by atoms with Gasteiger partial charge in [-0.25, -0.2) is 4.39 Å². The number of nitrogens with one attached hydrogen (secondary N) is 1. The van der Waals surface area contributed by atoms with Crippen LogP contribution >= 0.6 is 0 Å². The first-order valence-electron chi connectivity index (χ1n) is 18.2. The van der Waals surface area contributed by atoms with E-state index in [0.717, 1.165) is 12.8 Å². The van der Waals surface area contributed by atoms with Gasteiger partial charge in [0.2, 0.25) is 0 Å². The van der Waals surface area contributed by atoms with Crippen molar-refractivity contribution in [1.29, 1.82) is 0 Å². The smallest absolute Gasteiger partial charge is 0.297 e. The first-order valence-corrected chi connectivity index (χ1v) is 18.2. The zero-order chi connectivity index (χ0) is 41.9. The van der Waals surface area contributed by atoms with Crippen LogP contribution in [-0.2, 0) is 20.7 Å². The molecule has 7 atom stereocenters. The summed E-state index contributed by atoms with van der Waals surface area (Å²) < 4.78 is 28.3. The van der Waals surface area contributed by atoms with E-state index >= 15 is 4.39 Å². The van der Waals surface area contributed by atoms with Crippen LogP contribution in [0, 0.1) is 160 Å². The predicted octanol–water partition coefficient (Wildman–Crippen LogP) is 11.9. The Kier molecular flexibility index (Phi) is 24.4. The number of benzene rings is 1. The third-order valence-corrected chi connectivity index (χ3v) is 8.00. The Morgan fingerprint density at radius 2 is 1.21 bits per heavy atom. The van der Waals surface area contributed by atoms with Gasteiger partial charge in [0.05, 0.1) is 18.8 Å². The molecule has 1 aliphatic rings. The minimum Gasteiger partial charge on any atom is -0.350 e. The van der Waals surface area contributed by atoms with Gasteiger partial charge in [-0.05, 0) is 139 Å². The van der Waals surface area contributed by atoms with Crippen molar-refractivity contribution < 1.29 is 52.9 Å². The molecule has 1 saturated heterocycles. The fraction of sp³-hybridized carbons (Fsp3) is 0.264. The highest BCUT2D eigenvalue weighted by atomic mass is 19.1. The van der Waals surface area contributed by atoms with E-state index in [4.69, 9.17) is 9.47 Å². The SMILES string of the molecule is C=CCC1O[C@H](OC[C@H](NC(=O)C#CC#CC#CC#CC#CC#CC#CC#CC#CC#CC#CC#CC)[C@H](F)CCCCc2ccccc2)C(C=C)[C@@H](C=C)[C@H]1C=C.[HH].[HH].[HH].[HH].[HH].[HH].[HH].[HH].[HH].[HH].[HH].[HH].[HH].[HH].[HH].[HH].[HH].[HH].[HH].[HH].[HH].[HH].[HH].[HH]. The highest BCUT2D eigenvalue weighted by Gasteiger charge is 2.42. The van der Waals surface area contributed by atoms with Gasteiger partial charge in [-0.1, -0.05) is 67.0 Å². The maximum atomic E-state index is 15.8. The molecule has 1 heterocycles. The maximum absolute atomic E-state index is 15.8. The second-order valence-electron chi connectivity index (χ2n) is 11.8. The van der Waals surface area contributed by atoms with Crippen molar-refractivity contribution in [2.45, 2.75) is 63.6 Å². The number of halogens is 1. The van der Waals surface area contributed by atoms with E-state index in [2.05, 4.69) is 174 Å². The summed E-state index contributed by atoms with van der Waals surface area (Å²) in [6.45, 7) is 17.4. The maximum Gasteiger partial charge on any atom is 0.297 e. The molecule has 4 nitrogen and oxygen atoms in total. The van der Waals surface area contributed by atoms with Crippen LogP contribution in [0.15, 0.2) is 81.0 Å². The Hall–Kier alpha value is -7.78. The van der Waals surface area contributed by atoms with Gasteiger partial charge >= 0.3 is 0 Å². The largest absolute Gasteiger partial charge is 0.350 e. The topological polar surface area (TPSA) is 47.6 Å². The summed E-state index contributed by atoms with van der Waals surface area (Å²) in [5.41, 5.74) is 1.18. The Balaban J connectivity index is -0.0000000691. The van der Waals surface area contributed by atoms with Crippen molar-refractivity contribution >= 4 is 5.91 Å². The zero-order valence-corrected chi connectivity index (χ0v) is 32.4. The molecule has 1 amide bonds. The van der Waals surface area contributed by atoms with Crippen LogP contribution in [0.2, 0.25) is 0 Å². The molecule has 0 bridgehead atoms. The van der Waals surface area contributed by atoms with E-state index in [1.807, 2.05) is 42.5 Å². The highest BCUT2D eigenvalue weighted by molar-refractivity contribution is 5.94. The lowest BCUT2D eigenvalue weighted by Crippen LogP contribution is -2.50. The lowest BCUT2D eigenvalue weighted by molar-refractivity contribution is -0.236. The number of amides is 1. The van der Waals surface area contributed by atoms with Crippen molar-refractivity contribution in [2.24, 2.45) is 17.8 Å². The summed E-state index contributed by atoms with van der Waals surface area (Å²) in [6.07, 6.45) is 7.79. The molecule has 58 heavy (non-hydrogen) atoms. The molecule has 1 N–H and O–H groups in total. The molecule has 0 aliphatic carbocycles. The summed E-state index contributed by atoms with van der Waals surface area (Å²) in [6, 6.07) is 9.01. The second kappa shape index (κ2) is 30.5. The Labute approximate surface area is 381 Å². The molecule has 1 fully saturated rings. The summed E-state index contributed by atoms with van der Waals surface area (Å²) in [7, 11) is 0. The van der Waals surface area contributed by atoms with E-state index in [1.165, 1.54) is 5.56 Å². The van der Waals surface area contributed by atoms with Crippen LogP contribution in [0.25, 0.3) is 0 Å². The average molecular weight is 806 g/mol. The fourth-order valence-electron chi connectivity index (χ4n) is 5.39. The number of unbranched alkanes of at least 4 members (excludes halogenated alkanes) is 1. The molecular weight excluding hydrogens is 718 g/mol. The molecule has 330 valence electrons. The van der Waals surface area contributed by atoms with Crippen molar-refractivity contribution in [2.75, 3.05) is 6.61 Å². The number of hydrogen-bond acceptors (Lipinski definition) is 3. The van der Waals surface area contributed by atoms with Crippen LogP contribution in [0.3, 0.4) is 0 Å². The molecule has 0 aromatic heterocycles. The molecule has 2 rings (SSSR count). The lowest BCUT2D eigenvalue weighted by atomic mass is 9.75. The van der Waals surface area contributed by atoms with Gasteiger partial charge in [0.1, 0.15) is 6.17 Å². The van der Waals surface area contributed by atoms with Gasteiger partial charge < -0.3 is 14.8 Å². The van der Waals surface area contributed by atoms with Crippen LogP contribution in [0.5, 0.6) is 0 Å². The number of aryl methyl sites for hydroxylation is 1. The number of ether oxygens (including phenoxy) is 2. The number of alkyl halides is 1. The number of allylic oxidation sites excluding steroid dienone is 1. The molecule has 0 saturated carbocycles. The van der Waals surface area contributed by atoms with Gasteiger partial charge in [-0.3, -0.25) is 4.79 Å². The quantitative estimate of drug-likeness (QED) is 0.109. The third-order valence-electron chi connectivity index (χ3n) is 8.00. The van der Waals surface area contributed by atoms with Crippen LogP contribution < -0.4 is 5.32 Å². The van der Waals surface area contributed by atoms with Gasteiger partial charge in [0, 0.05) is 87.5 Å². The van der Waals surface area contributed by atoms with Crippen molar-refractivity contribution in [3.63, 3.8) is 0 Å². The monoisotopic (exact) mass is 806 g/mol. The van der Waals surface area contributed by atoms with Crippen LogP contribution in [-0.4, -0.2) is 37.1 Å². The molecule has 5 heteroatoms. The normalized spacial score (nSPS) is 17.0. The summed E-state index contributed by atoms with van der Waals surface area (Å²) in [5.74, 6) is 59.1. The standard InChI is InChI=1S/C53H40FNO3.24H2/c1-6-11-12-13-14-15-16-17-18-19-20-21-22-23-24-25-26-27-28-29-30-31-35-43-52(56)55-50(49(54)42-37-36-41-45-39-33-32-34-40-45)44-57-53-48(10-5)46(8-3)47(9-4)51(58-53)38-7-2;;;;;;;;;;;;;;;;;;;;;;;;/h7-10,32-34,39-40,46-51,53H,2-5,36-38,41-42,44H2,1H3,(H,55,56);24*1H/t46-,47+,48?,49+,50-,51?,53-;;;;;;;;;;;;;;;;;;;;;;;;/m0......................../s1. The van der Waals surface area contributed by atoms with E-state index in [9.17, 15) is 4.79 Å². The minimum atomic E-state index is -1.41. The van der Waals surface area contributed by atoms with Gasteiger partial charge in [0.25, 0.3) is 5.91 Å². The van der Waals surface area contributed by atoms with Crippen LogP contribution in [0.1, 0.15) is 72.4 Å². The minimum absolute atomic E-state index is 0. The average Bonchev–Trinajstić information content (AvgIpc) is 3.24. The Morgan fingerprint density at radius 1 is 0.724 bits per heavy atom. The lowest BCUT2D eigenvalue weighted by Gasteiger charge is -2.44. The van der Waals surface area contributed by atoms with Crippen molar-refractivity contribution in [3.8, 4) is 142 Å². The number of carbonyl (C=O) groups excluding carboxylic acids is 1. The Bertz CT molecular complexity index is 2490. The van der Waals surface area contributed by atoms with Crippen molar-refractivity contribution in [1.82, 2.24) is 5.32 Å². The first kappa shape index (κ1) is 46.4. The molecule has 1 aromatic rings. The van der Waals surface area contributed by atoms with Gasteiger partial charge in [-0.15, -0.1) is 26.3 Å². The molecule has 1 aromatic carbocycles. The fourth-order valence-corrected chi connectivity index (χ4v) is 5.39. The molecule has 1 aliphatic heterocycles. The number of hydrogen-bond donors (Lipinski definition) is 1. The molecule has 0 radical (unpaired) electrons. The van der Waals surface area contributed by atoms with Crippen LogP contribution in [0.4, 0.5) is 4.39 Å². The van der Waals surface area contributed by atoms with E-state index in [1.54, 1.807) is 19.1 Å². The van der Waals surface area contributed by atoms with Crippen molar-refractivity contribution in [3.05, 3.63) is 86.5 Å². The summed E-state index contributed by atoms with van der Waals surface area (Å²) >= 11 is 0. The Morgan fingerprint density at radius 3 is 1.67 bits per heavy atom. The predicted molar refractivity (Wildman–Crippen MR) is 281 cm³/mol. The number of rotatable bonds is 15. The third kappa shape index (κ3) is 19.5. The summed E-state index contributed by atoms with van der Waals surface area (Å²) in [5, 5.41) is 2.66. The first-order chi connectivity index (χ1) is 28.5. The molecular formula is C53H88FNO3. The van der Waals surface area contributed by atoms with Gasteiger partial charge in [0.15, 0.2) is 6.29 Å². The zero-order valence-electron chi connectivity index (χ0n) is 32.4. The molecule has 2 unspecified atom stereocenters. The van der Waals surface area contributed by atoms with E-state index in [0.29, 0.717) is 12.8 Å². The summed E-state index contributed by atoms with van der Waals surface area (Å²) in [4.78, 5) is 12.8. The second-order valence-corrected chi connectivity index (χ2v) is 11.8. The van der Waals surface area contributed by atoms with E-state index in [-0.39, 0.29) is 71.1 Å². The van der Waals surface area contributed by atoms with Gasteiger partial charge in [-0.2, -0.15) is 0 Å².